The van der Waals surface area contributed by atoms with Crippen molar-refractivity contribution in [3.8, 4) is 0 Å². The van der Waals surface area contributed by atoms with Gasteiger partial charge in [0.05, 0.1) is 5.69 Å². The van der Waals surface area contributed by atoms with Crippen molar-refractivity contribution < 1.29 is 14.3 Å². The quantitative estimate of drug-likeness (QED) is 0.630. The predicted molar refractivity (Wildman–Crippen MR) is 80.1 cm³/mol. The molecule has 2 N–H and O–H groups in total. The normalized spacial score (nSPS) is 10.0. The molecular formula is C13H12N4O4S. The van der Waals surface area contributed by atoms with Crippen molar-refractivity contribution in [2.24, 2.45) is 0 Å². The maximum absolute atomic E-state index is 11.9. The number of carbonyl (C=O) groups excluding carboxylic acids is 2. The van der Waals surface area contributed by atoms with Gasteiger partial charge in [-0.05, 0) is 13.0 Å². The summed E-state index contributed by atoms with van der Waals surface area (Å²) in [4.78, 5) is 39.0. The van der Waals surface area contributed by atoms with Crippen LogP contribution in [0, 0.1) is 6.92 Å². The number of aromatic amines is 1. The van der Waals surface area contributed by atoms with Crippen molar-refractivity contribution in [1.29, 1.82) is 0 Å². The Kier molecular flexibility index (Phi) is 4.79. The molecule has 9 heteroatoms. The van der Waals surface area contributed by atoms with E-state index in [2.05, 4.69) is 27.1 Å². The van der Waals surface area contributed by atoms with E-state index < -0.39 is 17.4 Å². The zero-order chi connectivity index (χ0) is 16.1. The number of rotatable bonds is 5. The van der Waals surface area contributed by atoms with Gasteiger partial charge in [0.25, 0.3) is 11.5 Å². The van der Waals surface area contributed by atoms with Gasteiger partial charge >= 0.3 is 5.97 Å². The molecule has 0 aliphatic rings. The highest BCUT2D eigenvalue weighted by molar-refractivity contribution is 7.17. The van der Waals surface area contributed by atoms with Crippen LogP contribution in [-0.4, -0.2) is 33.7 Å². The molecule has 2 rings (SSSR count). The number of amides is 1. The van der Waals surface area contributed by atoms with Crippen LogP contribution in [-0.2, 0) is 4.74 Å². The molecule has 1 amide bonds. The summed E-state index contributed by atoms with van der Waals surface area (Å²) in [7, 11) is 0. The number of nitrogens with zero attached hydrogens (tertiary/aromatic N) is 2. The number of esters is 1. The molecule has 0 aromatic carbocycles. The molecule has 8 nitrogen and oxygen atoms in total. The molecule has 0 spiro atoms. The number of hydrogen-bond donors (Lipinski definition) is 2. The zero-order valence-electron chi connectivity index (χ0n) is 11.6. The Balaban J connectivity index is 2.12. The van der Waals surface area contributed by atoms with Crippen LogP contribution in [0.15, 0.2) is 29.6 Å². The lowest BCUT2D eigenvalue weighted by molar-refractivity contribution is 0.0554. The molecule has 22 heavy (non-hydrogen) atoms. The molecule has 2 aromatic heterocycles. The van der Waals surface area contributed by atoms with Crippen molar-refractivity contribution in [1.82, 2.24) is 15.2 Å². The molecule has 2 aromatic rings. The number of nitrogens with one attached hydrogen (secondary N) is 2. The number of carbonyl (C=O) groups is 2. The van der Waals surface area contributed by atoms with E-state index in [9.17, 15) is 14.4 Å². The van der Waals surface area contributed by atoms with E-state index in [1.165, 1.54) is 18.2 Å². The molecule has 0 unspecified atom stereocenters. The Morgan fingerprint density at radius 3 is 2.91 bits per heavy atom. The van der Waals surface area contributed by atoms with Gasteiger partial charge in [0.2, 0.25) is 0 Å². The lowest BCUT2D eigenvalue weighted by atomic mass is 10.4. The fraction of sp³-hybridized carbons (Fsp3) is 0.154. The van der Waals surface area contributed by atoms with Gasteiger partial charge in [-0.2, -0.15) is 5.10 Å². The van der Waals surface area contributed by atoms with E-state index in [0.29, 0.717) is 10.6 Å². The number of hydrogen-bond acceptors (Lipinski definition) is 7. The van der Waals surface area contributed by atoms with E-state index in [1.54, 1.807) is 6.92 Å². The molecule has 2 heterocycles. The highest BCUT2D eigenvalue weighted by Gasteiger charge is 2.18. The molecule has 0 radical (unpaired) electrons. The van der Waals surface area contributed by atoms with Crippen molar-refractivity contribution in [3.05, 3.63) is 51.4 Å². The summed E-state index contributed by atoms with van der Waals surface area (Å²) in [6, 6.07) is 2.47. The van der Waals surface area contributed by atoms with Gasteiger partial charge in [-0.25, -0.2) is 14.9 Å². The summed E-state index contributed by atoms with van der Waals surface area (Å²) >= 11 is 0.993. The van der Waals surface area contributed by atoms with Crippen LogP contribution in [0.1, 0.15) is 25.9 Å². The topological polar surface area (TPSA) is 114 Å². The second-order valence-corrected chi connectivity index (χ2v) is 5.08. The van der Waals surface area contributed by atoms with Gasteiger partial charge in [0.15, 0.2) is 5.13 Å². The Labute approximate surface area is 128 Å². The molecular weight excluding hydrogens is 308 g/mol. The van der Waals surface area contributed by atoms with E-state index in [4.69, 9.17) is 4.74 Å². The average Bonchev–Trinajstić information content (AvgIpc) is 2.86. The van der Waals surface area contributed by atoms with Crippen LogP contribution in [0.25, 0.3) is 0 Å². The highest BCUT2D eigenvalue weighted by Crippen LogP contribution is 2.23. The number of aromatic nitrogens is 3. The molecule has 0 bridgehead atoms. The SMILES string of the molecule is C=CCOC(=O)c1sc(NC(=O)c2ccc(=O)[nH]n2)nc1C. The summed E-state index contributed by atoms with van der Waals surface area (Å²) < 4.78 is 4.92. The van der Waals surface area contributed by atoms with Crippen LogP contribution < -0.4 is 10.9 Å². The van der Waals surface area contributed by atoms with E-state index in [-0.39, 0.29) is 17.4 Å². The smallest absolute Gasteiger partial charge is 0.350 e. The first-order chi connectivity index (χ1) is 10.5. The summed E-state index contributed by atoms with van der Waals surface area (Å²) in [5.74, 6) is -1.08. The third kappa shape index (κ3) is 3.64. The second-order valence-electron chi connectivity index (χ2n) is 4.08. The average molecular weight is 320 g/mol. The maximum atomic E-state index is 11.9. The van der Waals surface area contributed by atoms with Gasteiger partial charge in [0, 0.05) is 6.07 Å². The molecule has 0 aliphatic heterocycles. The highest BCUT2D eigenvalue weighted by atomic mass is 32.1. The number of anilines is 1. The Morgan fingerprint density at radius 1 is 1.50 bits per heavy atom. The van der Waals surface area contributed by atoms with E-state index in [1.807, 2.05) is 0 Å². The zero-order valence-corrected chi connectivity index (χ0v) is 12.4. The molecule has 0 saturated heterocycles. The minimum atomic E-state index is -0.545. The molecule has 0 aliphatic carbocycles. The molecule has 0 saturated carbocycles. The van der Waals surface area contributed by atoms with Crippen molar-refractivity contribution in [3.63, 3.8) is 0 Å². The van der Waals surface area contributed by atoms with Gasteiger partial charge in [-0.3, -0.25) is 14.9 Å². The number of ether oxygens (including phenoxy) is 1. The summed E-state index contributed by atoms with van der Waals surface area (Å²) in [6.45, 7) is 5.18. The molecule has 0 fully saturated rings. The largest absolute Gasteiger partial charge is 0.457 e. The van der Waals surface area contributed by atoms with Crippen molar-refractivity contribution in [2.75, 3.05) is 11.9 Å². The van der Waals surface area contributed by atoms with E-state index in [0.717, 1.165) is 11.3 Å². The third-order valence-corrected chi connectivity index (χ3v) is 3.50. The van der Waals surface area contributed by atoms with Crippen LogP contribution in [0.2, 0.25) is 0 Å². The number of H-pyrrole nitrogens is 1. The Morgan fingerprint density at radius 2 is 2.27 bits per heavy atom. The molecule has 0 atom stereocenters. The number of aryl methyl sites for hydroxylation is 1. The van der Waals surface area contributed by atoms with Crippen molar-refractivity contribution in [2.45, 2.75) is 6.92 Å². The maximum Gasteiger partial charge on any atom is 0.350 e. The fourth-order valence-corrected chi connectivity index (χ4v) is 2.33. The Bertz CT molecular complexity index is 760. The van der Waals surface area contributed by atoms with Crippen LogP contribution in [0.4, 0.5) is 5.13 Å². The lowest BCUT2D eigenvalue weighted by Crippen LogP contribution is -2.17. The van der Waals surface area contributed by atoms with Crippen LogP contribution >= 0.6 is 11.3 Å². The van der Waals surface area contributed by atoms with Gasteiger partial charge < -0.3 is 4.74 Å². The van der Waals surface area contributed by atoms with E-state index >= 15 is 0 Å². The van der Waals surface area contributed by atoms with Crippen molar-refractivity contribution >= 4 is 28.3 Å². The van der Waals surface area contributed by atoms with Gasteiger partial charge in [-0.15, -0.1) is 0 Å². The Hall–Kier alpha value is -2.81. The minimum Gasteiger partial charge on any atom is -0.457 e. The summed E-state index contributed by atoms with van der Waals surface area (Å²) in [6.07, 6.45) is 1.46. The lowest BCUT2D eigenvalue weighted by Gasteiger charge is -1.99. The first-order valence-electron chi connectivity index (χ1n) is 6.14. The standard InChI is InChI=1S/C13H12N4O4S/c1-3-6-21-12(20)10-7(2)14-13(22-10)15-11(19)8-4-5-9(18)17-16-8/h3-5H,1,6H2,2H3,(H,17,18)(H,14,15,19). The van der Waals surface area contributed by atoms with Crippen LogP contribution in [0.3, 0.4) is 0 Å². The molecule has 114 valence electrons. The number of thiazole rings is 1. The van der Waals surface area contributed by atoms with Gasteiger partial charge in [-0.1, -0.05) is 24.0 Å². The van der Waals surface area contributed by atoms with Gasteiger partial charge in [0.1, 0.15) is 17.2 Å². The predicted octanol–water partition coefficient (Wildman–Crippen LogP) is 1.13. The second kappa shape index (κ2) is 6.76. The minimum absolute atomic E-state index is 0.0308. The fourth-order valence-electron chi connectivity index (χ4n) is 1.47. The first kappa shape index (κ1) is 15.6. The summed E-state index contributed by atoms with van der Waals surface area (Å²) in [5, 5.41) is 8.50. The monoisotopic (exact) mass is 320 g/mol. The first-order valence-corrected chi connectivity index (χ1v) is 6.95. The summed E-state index contributed by atoms with van der Waals surface area (Å²) in [5.41, 5.74) is 0.0703. The van der Waals surface area contributed by atoms with Crippen LogP contribution in [0.5, 0.6) is 0 Å². The third-order valence-electron chi connectivity index (χ3n) is 2.45.